The Morgan fingerprint density at radius 2 is 1.66 bits per heavy atom. The van der Waals surface area contributed by atoms with Crippen LogP contribution in [-0.4, -0.2) is 56.3 Å². The summed E-state index contributed by atoms with van der Waals surface area (Å²) in [5, 5.41) is 9.94. The molecule has 0 saturated carbocycles. The molecule has 0 bridgehead atoms. The van der Waals surface area contributed by atoms with Crippen molar-refractivity contribution in [2.45, 2.75) is 25.7 Å². The number of ether oxygens (including phenoxy) is 1. The molecule has 0 saturated heterocycles. The lowest BCUT2D eigenvalue weighted by molar-refractivity contribution is 0.386. The Hall–Kier alpha value is -3.08. The van der Waals surface area contributed by atoms with Crippen LogP contribution in [0.15, 0.2) is 35.1 Å². The SMILES string of the molecule is COc1ccc(-c2nc3cc(NCCCNCCCCNCCCN)c(F)cc3c(=O)[nH]2)cc1F. The Balaban J connectivity index is 1.53. The minimum atomic E-state index is -0.568. The molecule has 1 aromatic heterocycles. The Morgan fingerprint density at radius 1 is 0.943 bits per heavy atom. The molecule has 0 atom stereocenters. The molecule has 2 aromatic carbocycles. The maximum Gasteiger partial charge on any atom is 0.259 e. The number of fused-ring (bicyclic) bond motifs is 1. The molecule has 0 unspecified atom stereocenters. The lowest BCUT2D eigenvalue weighted by atomic mass is 10.1. The van der Waals surface area contributed by atoms with Gasteiger partial charge < -0.3 is 31.4 Å². The number of halogens is 2. The average Bonchev–Trinajstić information content (AvgIpc) is 2.85. The summed E-state index contributed by atoms with van der Waals surface area (Å²) in [6, 6.07) is 6.97. The summed E-state index contributed by atoms with van der Waals surface area (Å²) in [6.07, 6.45) is 4.00. The molecular weight excluding hydrogens is 454 g/mol. The number of nitrogens with one attached hydrogen (secondary N) is 4. The van der Waals surface area contributed by atoms with Gasteiger partial charge in [-0.15, -0.1) is 0 Å². The largest absolute Gasteiger partial charge is 0.494 e. The van der Waals surface area contributed by atoms with Gasteiger partial charge in [0, 0.05) is 12.1 Å². The van der Waals surface area contributed by atoms with E-state index in [4.69, 9.17) is 10.5 Å². The maximum absolute atomic E-state index is 14.6. The van der Waals surface area contributed by atoms with E-state index in [9.17, 15) is 13.6 Å². The number of benzene rings is 2. The van der Waals surface area contributed by atoms with E-state index in [2.05, 4.69) is 25.9 Å². The molecule has 0 amide bonds. The third kappa shape index (κ3) is 7.71. The van der Waals surface area contributed by atoms with Crippen molar-refractivity contribution >= 4 is 16.6 Å². The molecule has 8 nitrogen and oxygen atoms in total. The van der Waals surface area contributed by atoms with Gasteiger partial charge in [-0.25, -0.2) is 13.8 Å². The second kappa shape index (κ2) is 13.7. The van der Waals surface area contributed by atoms with Gasteiger partial charge in [-0.1, -0.05) is 0 Å². The van der Waals surface area contributed by atoms with Crippen molar-refractivity contribution in [2.75, 3.05) is 51.7 Å². The van der Waals surface area contributed by atoms with Crippen molar-refractivity contribution < 1.29 is 13.5 Å². The minimum Gasteiger partial charge on any atom is -0.494 e. The van der Waals surface area contributed by atoms with Crippen LogP contribution < -0.4 is 32.0 Å². The highest BCUT2D eigenvalue weighted by molar-refractivity contribution is 5.83. The van der Waals surface area contributed by atoms with E-state index < -0.39 is 17.2 Å². The summed E-state index contributed by atoms with van der Waals surface area (Å²) in [4.78, 5) is 19.5. The second-order valence-corrected chi connectivity index (χ2v) is 8.24. The molecule has 1 heterocycles. The molecule has 0 radical (unpaired) electrons. The van der Waals surface area contributed by atoms with Crippen LogP contribution in [0.25, 0.3) is 22.3 Å². The number of hydrogen-bond acceptors (Lipinski definition) is 7. The first kappa shape index (κ1) is 26.5. The van der Waals surface area contributed by atoms with Crippen LogP contribution in [0, 0.1) is 11.6 Å². The van der Waals surface area contributed by atoms with E-state index >= 15 is 0 Å². The number of nitrogens with two attached hydrogens (primary N) is 1. The number of anilines is 1. The number of unbranched alkanes of at least 4 members (excludes halogenated alkanes) is 1. The number of rotatable bonds is 15. The monoisotopic (exact) mass is 488 g/mol. The van der Waals surface area contributed by atoms with Crippen molar-refractivity contribution in [3.8, 4) is 17.1 Å². The standard InChI is InChI=1S/C25H34F2N6O2/c1-35-23-7-6-17(14-20(23)27)24-32-21-16-22(19(26)15-18(21)25(34)33-24)31-13-5-12-30-10-3-2-9-29-11-4-8-28/h6-7,14-16,29-31H,2-5,8-13,28H2,1H3,(H,32,33,34). The number of hydrogen-bond donors (Lipinski definition) is 5. The highest BCUT2D eigenvalue weighted by atomic mass is 19.1. The molecule has 0 aliphatic rings. The first-order chi connectivity index (χ1) is 17.0. The Bertz CT molecular complexity index is 1150. The zero-order valence-electron chi connectivity index (χ0n) is 20.1. The van der Waals surface area contributed by atoms with Gasteiger partial charge >= 0.3 is 0 Å². The molecule has 6 N–H and O–H groups in total. The van der Waals surface area contributed by atoms with Crippen LogP contribution in [0.2, 0.25) is 0 Å². The van der Waals surface area contributed by atoms with E-state index in [1.807, 2.05) is 0 Å². The normalized spacial score (nSPS) is 11.2. The zero-order chi connectivity index (χ0) is 25.0. The van der Waals surface area contributed by atoms with Crippen molar-refractivity contribution in [1.29, 1.82) is 0 Å². The van der Waals surface area contributed by atoms with Gasteiger partial charge in [0.1, 0.15) is 11.6 Å². The number of aromatic nitrogens is 2. The fourth-order valence-corrected chi connectivity index (χ4v) is 3.66. The van der Waals surface area contributed by atoms with E-state index in [1.54, 1.807) is 6.07 Å². The van der Waals surface area contributed by atoms with E-state index in [-0.39, 0.29) is 22.6 Å². The number of nitrogens with zero attached hydrogens (tertiary/aromatic N) is 1. The van der Waals surface area contributed by atoms with Crippen molar-refractivity contribution in [3.05, 3.63) is 52.3 Å². The summed E-state index contributed by atoms with van der Waals surface area (Å²) in [6.45, 7) is 4.99. The first-order valence-corrected chi connectivity index (χ1v) is 12.0. The Labute approximate surface area is 203 Å². The molecule has 3 aromatic rings. The summed E-state index contributed by atoms with van der Waals surface area (Å²) in [7, 11) is 1.37. The van der Waals surface area contributed by atoms with Crippen molar-refractivity contribution in [2.24, 2.45) is 5.73 Å². The van der Waals surface area contributed by atoms with Gasteiger partial charge in [0.25, 0.3) is 5.56 Å². The van der Waals surface area contributed by atoms with E-state index in [1.165, 1.54) is 31.4 Å². The predicted molar refractivity (Wildman–Crippen MR) is 136 cm³/mol. The van der Waals surface area contributed by atoms with Gasteiger partial charge in [-0.05, 0) is 88.7 Å². The maximum atomic E-state index is 14.6. The molecule has 0 aliphatic heterocycles. The third-order valence-electron chi connectivity index (χ3n) is 5.58. The Morgan fingerprint density at radius 3 is 2.34 bits per heavy atom. The summed E-state index contributed by atoms with van der Waals surface area (Å²) in [5.74, 6) is -0.805. The molecule has 0 fully saturated rings. The zero-order valence-corrected chi connectivity index (χ0v) is 20.1. The number of H-pyrrole nitrogens is 1. The van der Waals surface area contributed by atoms with Crippen LogP contribution in [0.5, 0.6) is 5.75 Å². The summed E-state index contributed by atoms with van der Waals surface area (Å²) >= 11 is 0. The molecular formula is C25H34F2N6O2. The van der Waals surface area contributed by atoms with Gasteiger partial charge in [0.2, 0.25) is 0 Å². The smallest absolute Gasteiger partial charge is 0.259 e. The highest BCUT2D eigenvalue weighted by Gasteiger charge is 2.12. The van der Waals surface area contributed by atoms with Gasteiger partial charge in [0.15, 0.2) is 11.6 Å². The topological polar surface area (TPSA) is 117 Å². The fraction of sp³-hybridized carbons (Fsp3) is 0.440. The van der Waals surface area contributed by atoms with Crippen LogP contribution >= 0.6 is 0 Å². The molecule has 0 spiro atoms. The van der Waals surface area contributed by atoms with Gasteiger partial charge in [0.05, 0.1) is 23.7 Å². The van der Waals surface area contributed by atoms with Crippen molar-refractivity contribution in [3.63, 3.8) is 0 Å². The third-order valence-corrected chi connectivity index (χ3v) is 5.58. The predicted octanol–water partition coefficient (Wildman–Crippen LogP) is 2.99. The van der Waals surface area contributed by atoms with Crippen molar-refractivity contribution in [1.82, 2.24) is 20.6 Å². The van der Waals surface area contributed by atoms with Crippen LogP contribution in [-0.2, 0) is 0 Å². The molecule has 35 heavy (non-hydrogen) atoms. The molecule has 0 aliphatic carbocycles. The molecule has 190 valence electrons. The van der Waals surface area contributed by atoms with Gasteiger partial charge in [-0.2, -0.15) is 0 Å². The van der Waals surface area contributed by atoms with Crippen LogP contribution in [0.3, 0.4) is 0 Å². The number of methoxy groups -OCH3 is 1. The first-order valence-electron chi connectivity index (χ1n) is 12.0. The minimum absolute atomic E-state index is 0.0928. The van der Waals surface area contributed by atoms with Crippen LogP contribution in [0.1, 0.15) is 25.7 Å². The number of aromatic amines is 1. The van der Waals surface area contributed by atoms with Gasteiger partial charge in [-0.3, -0.25) is 4.79 Å². The Kier molecular flexibility index (Phi) is 10.4. The average molecular weight is 489 g/mol. The molecule has 3 rings (SSSR count). The lowest BCUT2D eigenvalue weighted by Gasteiger charge is -2.10. The highest BCUT2D eigenvalue weighted by Crippen LogP contribution is 2.25. The molecule has 10 heteroatoms. The summed E-state index contributed by atoms with van der Waals surface area (Å²) in [5.41, 5.74) is 5.94. The van der Waals surface area contributed by atoms with Crippen LogP contribution in [0.4, 0.5) is 14.5 Å². The summed E-state index contributed by atoms with van der Waals surface area (Å²) < 4.78 is 33.6. The quantitative estimate of drug-likeness (QED) is 0.209. The van der Waals surface area contributed by atoms with E-state index in [0.29, 0.717) is 24.2 Å². The second-order valence-electron chi connectivity index (χ2n) is 8.24. The fourth-order valence-electron chi connectivity index (χ4n) is 3.66. The lowest BCUT2D eigenvalue weighted by Crippen LogP contribution is -2.22. The van der Waals surface area contributed by atoms with E-state index in [0.717, 1.165) is 51.9 Å².